The number of nitrogens with one attached hydrogen (secondary N) is 1. The van der Waals surface area contributed by atoms with Crippen LogP contribution in [0.3, 0.4) is 0 Å². The number of para-hydroxylation sites is 1. The summed E-state index contributed by atoms with van der Waals surface area (Å²) >= 11 is 0. The smallest absolute Gasteiger partial charge is 0.264 e. The van der Waals surface area contributed by atoms with Gasteiger partial charge in [-0.1, -0.05) is 54.9 Å². The molecule has 0 radical (unpaired) electrons. The predicted molar refractivity (Wildman–Crippen MR) is 156 cm³/mol. The molecule has 0 bridgehead atoms. The van der Waals surface area contributed by atoms with Crippen molar-refractivity contribution >= 4 is 28.4 Å². The van der Waals surface area contributed by atoms with Crippen LogP contribution in [-0.2, 0) is 4.79 Å². The van der Waals surface area contributed by atoms with Crippen molar-refractivity contribution in [2.24, 2.45) is 5.92 Å². The van der Waals surface area contributed by atoms with Crippen molar-refractivity contribution in [2.75, 3.05) is 29.9 Å². The third-order valence-corrected chi connectivity index (χ3v) is 7.46. The molecule has 1 fully saturated rings. The number of fused-ring (bicyclic) bond motifs is 1. The molecule has 5 aromatic rings. The molecular formula is C32H31N5O3. The Morgan fingerprint density at radius 1 is 1.00 bits per heavy atom. The fourth-order valence-corrected chi connectivity index (χ4v) is 5.16. The van der Waals surface area contributed by atoms with Crippen LogP contribution < -0.4 is 15.0 Å². The maximum atomic E-state index is 12.4. The number of carbonyl (C=O) groups is 1. The van der Waals surface area contributed by atoms with Crippen LogP contribution in [0.2, 0.25) is 0 Å². The van der Waals surface area contributed by atoms with Gasteiger partial charge < -0.3 is 14.2 Å². The van der Waals surface area contributed by atoms with E-state index in [1.807, 2.05) is 42.5 Å². The Balaban J connectivity index is 1.20. The molecule has 0 spiro atoms. The van der Waals surface area contributed by atoms with Crippen LogP contribution in [0.15, 0.2) is 89.6 Å². The van der Waals surface area contributed by atoms with E-state index in [1.165, 1.54) is 24.9 Å². The minimum atomic E-state index is -0.337. The van der Waals surface area contributed by atoms with Crippen LogP contribution in [-0.4, -0.2) is 40.7 Å². The molecule has 8 nitrogen and oxygen atoms in total. The molecule has 1 aliphatic heterocycles. The molecule has 6 rings (SSSR count). The van der Waals surface area contributed by atoms with Gasteiger partial charge in [0.15, 0.2) is 12.4 Å². The number of hydrogen-bond donors (Lipinski definition) is 1. The first-order valence-corrected chi connectivity index (χ1v) is 13.7. The molecule has 40 heavy (non-hydrogen) atoms. The summed E-state index contributed by atoms with van der Waals surface area (Å²) in [5.74, 6) is 2.05. The third kappa shape index (κ3) is 5.66. The van der Waals surface area contributed by atoms with Crippen molar-refractivity contribution in [3.05, 3.63) is 85.1 Å². The van der Waals surface area contributed by atoms with E-state index in [0.29, 0.717) is 11.4 Å². The molecule has 1 amide bonds. The Morgan fingerprint density at radius 3 is 2.67 bits per heavy atom. The molecule has 1 saturated heterocycles. The minimum Gasteiger partial charge on any atom is -0.484 e. The molecule has 0 unspecified atom stereocenters. The second kappa shape index (κ2) is 11.6. The highest BCUT2D eigenvalue weighted by molar-refractivity contribution is 5.95. The van der Waals surface area contributed by atoms with E-state index in [-0.39, 0.29) is 18.5 Å². The van der Waals surface area contributed by atoms with Gasteiger partial charge in [-0.25, -0.2) is 9.97 Å². The first-order chi connectivity index (χ1) is 19.7. The van der Waals surface area contributed by atoms with Gasteiger partial charge in [0.05, 0.1) is 11.1 Å². The van der Waals surface area contributed by atoms with Gasteiger partial charge in [-0.05, 0) is 61.2 Å². The van der Waals surface area contributed by atoms with E-state index in [2.05, 4.69) is 56.5 Å². The topological polar surface area (TPSA) is 93.4 Å². The maximum Gasteiger partial charge on any atom is 0.264 e. The Bertz CT molecular complexity index is 1610. The standard InChI is InChI=1S/C32H31N5O3/c1-2-22-14-17-37(18-15-22)25-8-6-7-24(19-25)31-27-20-23(11-12-29(27)36-40-31)28-13-16-33-32(34-28)35-30(38)21-39-26-9-4-3-5-10-26/h3-13,16,19-20,22H,2,14-15,17-18,21H2,1H3,(H,33,34,35,38). The molecule has 0 aliphatic carbocycles. The number of ether oxygens (including phenoxy) is 1. The molecular weight excluding hydrogens is 502 g/mol. The highest BCUT2D eigenvalue weighted by atomic mass is 16.5. The summed E-state index contributed by atoms with van der Waals surface area (Å²) in [6.45, 7) is 4.30. The molecule has 1 N–H and O–H groups in total. The number of piperidine rings is 1. The number of hydrogen-bond acceptors (Lipinski definition) is 7. The zero-order valence-electron chi connectivity index (χ0n) is 22.4. The van der Waals surface area contributed by atoms with Crippen LogP contribution in [0, 0.1) is 5.92 Å². The lowest BCUT2D eigenvalue weighted by Crippen LogP contribution is -2.33. The van der Waals surface area contributed by atoms with Gasteiger partial charge in [-0.3, -0.25) is 10.1 Å². The van der Waals surface area contributed by atoms with E-state index in [1.54, 1.807) is 18.3 Å². The van der Waals surface area contributed by atoms with Gasteiger partial charge in [0.2, 0.25) is 5.95 Å². The van der Waals surface area contributed by atoms with Gasteiger partial charge in [0.1, 0.15) is 11.3 Å². The molecule has 0 atom stereocenters. The molecule has 3 heterocycles. The quantitative estimate of drug-likeness (QED) is 0.240. The Labute approximate surface area is 233 Å². The van der Waals surface area contributed by atoms with Crippen molar-refractivity contribution in [1.82, 2.24) is 15.1 Å². The summed E-state index contributed by atoms with van der Waals surface area (Å²) in [6, 6.07) is 25.4. The zero-order valence-corrected chi connectivity index (χ0v) is 22.4. The number of amides is 1. The van der Waals surface area contributed by atoms with Crippen LogP contribution in [0.25, 0.3) is 33.5 Å². The summed E-state index contributed by atoms with van der Waals surface area (Å²) < 4.78 is 11.4. The largest absolute Gasteiger partial charge is 0.484 e. The summed E-state index contributed by atoms with van der Waals surface area (Å²) in [4.78, 5) is 23.6. The second-order valence-corrected chi connectivity index (χ2v) is 10.0. The molecule has 202 valence electrons. The normalized spacial score (nSPS) is 13.9. The fraction of sp³-hybridized carbons (Fsp3) is 0.250. The number of rotatable bonds is 8. The summed E-state index contributed by atoms with van der Waals surface area (Å²) in [5.41, 5.74) is 4.52. The summed E-state index contributed by atoms with van der Waals surface area (Å²) in [6.07, 6.45) is 5.34. The molecule has 0 saturated carbocycles. The van der Waals surface area contributed by atoms with Gasteiger partial charge >= 0.3 is 0 Å². The Hall–Kier alpha value is -4.72. The van der Waals surface area contributed by atoms with E-state index in [4.69, 9.17) is 9.26 Å². The first kappa shape index (κ1) is 25.6. The lowest BCUT2D eigenvalue weighted by molar-refractivity contribution is -0.118. The van der Waals surface area contributed by atoms with Crippen molar-refractivity contribution in [2.45, 2.75) is 26.2 Å². The molecule has 3 aromatic carbocycles. The van der Waals surface area contributed by atoms with E-state index in [0.717, 1.165) is 46.8 Å². The van der Waals surface area contributed by atoms with Crippen LogP contribution in [0.4, 0.5) is 11.6 Å². The number of benzene rings is 3. The number of anilines is 2. The van der Waals surface area contributed by atoms with Crippen LogP contribution in [0.1, 0.15) is 26.2 Å². The maximum absolute atomic E-state index is 12.4. The lowest BCUT2D eigenvalue weighted by Gasteiger charge is -2.33. The van der Waals surface area contributed by atoms with Crippen molar-refractivity contribution in [3.8, 4) is 28.3 Å². The lowest BCUT2D eigenvalue weighted by atomic mass is 9.94. The van der Waals surface area contributed by atoms with Gasteiger partial charge in [0, 0.05) is 36.1 Å². The van der Waals surface area contributed by atoms with Crippen molar-refractivity contribution in [3.63, 3.8) is 0 Å². The first-order valence-electron chi connectivity index (χ1n) is 13.7. The van der Waals surface area contributed by atoms with E-state index >= 15 is 0 Å². The monoisotopic (exact) mass is 533 g/mol. The Morgan fingerprint density at radius 2 is 1.85 bits per heavy atom. The minimum absolute atomic E-state index is 0.136. The summed E-state index contributed by atoms with van der Waals surface area (Å²) in [7, 11) is 0. The van der Waals surface area contributed by atoms with Gasteiger partial charge in [-0.15, -0.1) is 0 Å². The van der Waals surface area contributed by atoms with Crippen molar-refractivity contribution < 1.29 is 14.1 Å². The number of carbonyl (C=O) groups excluding carboxylic acids is 1. The van der Waals surface area contributed by atoms with Crippen LogP contribution in [0.5, 0.6) is 5.75 Å². The fourth-order valence-electron chi connectivity index (χ4n) is 5.16. The zero-order chi connectivity index (χ0) is 27.3. The highest BCUT2D eigenvalue weighted by Crippen LogP contribution is 2.34. The average Bonchev–Trinajstić information content (AvgIpc) is 3.44. The Kier molecular flexibility index (Phi) is 7.39. The van der Waals surface area contributed by atoms with E-state index < -0.39 is 0 Å². The second-order valence-electron chi connectivity index (χ2n) is 10.0. The van der Waals surface area contributed by atoms with Crippen molar-refractivity contribution in [1.29, 1.82) is 0 Å². The SMILES string of the molecule is CCC1CCN(c2cccc(-c3onc4ccc(-c5ccnc(NC(=O)COc6ccccc6)n5)cc34)c2)CC1. The van der Waals surface area contributed by atoms with Gasteiger partial charge in [-0.2, -0.15) is 0 Å². The molecule has 8 heteroatoms. The predicted octanol–water partition coefficient (Wildman–Crippen LogP) is 6.60. The van der Waals surface area contributed by atoms with Gasteiger partial charge in [0.25, 0.3) is 5.91 Å². The highest BCUT2D eigenvalue weighted by Gasteiger charge is 2.19. The number of aromatic nitrogens is 3. The molecule has 2 aromatic heterocycles. The van der Waals surface area contributed by atoms with Crippen LogP contribution >= 0.6 is 0 Å². The van der Waals surface area contributed by atoms with E-state index in [9.17, 15) is 4.79 Å². The third-order valence-electron chi connectivity index (χ3n) is 7.46. The molecule has 1 aliphatic rings. The summed E-state index contributed by atoms with van der Waals surface area (Å²) in [5, 5.41) is 7.92. The average molecular weight is 534 g/mol. The number of nitrogens with zero attached hydrogens (tertiary/aromatic N) is 4.